The number of carbonyl (C=O) groups excluding carboxylic acids is 1. The molecule has 4 aromatic rings. The molecule has 2 heterocycles. The largest absolute Gasteiger partial charge is 0.354 e. The predicted molar refractivity (Wildman–Crippen MR) is 116 cm³/mol. The number of nitrogens with zero attached hydrogens (tertiary/aromatic N) is 3. The minimum atomic E-state index is 0.0904. The third-order valence-electron chi connectivity index (χ3n) is 5.08. The Labute approximate surface area is 172 Å². The predicted octanol–water partition coefficient (Wildman–Crippen LogP) is 4.98. The first-order valence-corrected chi connectivity index (χ1v) is 10.6. The van der Waals surface area contributed by atoms with Crippen LogP contribution in [0, 0.1) is 5.92 Å². The molecule has 1 saturated carbocycles. The van der Waals surface area contributed by atoms with Crippen molar-refractivity contribution >= 4 is 33.0 Å². The normalized spacial score (nSPS) is 14.7. The van der Waals surface area contributed by atoms with Crippen LogP contribution in [-0.4, -0.2) is 20.5 Å². The van der Waals surface area contributed by atoms with Crippen LogP contribution in [0.25, 0.3) is 16.2 Å². The maximum atomic E-state index is 11.9. The molecule has 2 N–H and O–H groups in total. The minimum absolute atomic E-state index is 0.0904. The number of hydrogen-bond donors (Lipinski definition) is 2. The highest BCUT2D eigenvalue weighted by Gasteiger charge is 2.29. The molecule has 146 valence electrons. The summed E-state index contributed by atoms with van der Waals surface area (Å²) in [4.78, 5) is 17.4. The Morgan fingerprint density at radius 1 is 1.14 bits per heavy atom. The quantitative estimate of drug-likeness (QED) is 0.476. The number of fused-ring (bicyclic) bond motifs is 1. The molecule has 0 bridgehead atoms. The van der Waals surface area contributed by atoms with Gasteiger partial charge in [-0.3, -0.25) is 4.79 Å². The third-order valence-corrected chi connectivity index (χ3v) is 5.93. The summed E-state index contributed by atoms with van der Waals surface area (Å²) in [7, 11) is 0. The van der Waals surface area contributed by atoms with Crippen molar-refractivity contribution in [2.24, 2.45) is 5.92 Å². The number of benzene rings is 2. The molecule has 1 amide bonds. The van der Waals surface area contributed by atoms with Crippen molar-refractivity contribution in [1.82, 2.24) is 14.6 Å². The summed E-state index contributed by atoms with van der Waals surface area (Å²) >= 11 is 1.53. The number of carbonyl (C=O) groups is 1. The zero-order valence-corrected chi connectivity index (χ0v) is 16.8. The van der Waals surface area contributed by atoms with E-state index in [1.54, 1.807) is 0 Å². The summed E-state index contributed by atoms with van der Waals surface area (Å²) in [5.74, 6) is 0.339. The number of rotatable bonds is 6. The van der Waals surface area contributed by atoms with Gasteiger partial charge in [0.15, 0.2) is 0 Å². The van der Waals surface area contributed by atoms with Crippen molar-refractivity contribution < 1.29 is 4.79 Å². The average molecular weight is 404 g/mol. The standard InChI is InChI=1S/C22H21N5OS/c1-14(15-9-11-18(12-10-15)24-20(28)17-7-8-17)23-21-26-27-13-19(25-22(27)29-21)16-5-3-2-4-6-16/h2-6,9-14,17H,7-8H2,1H3,(H,23,26)(H,24,28). The van der Waals surface area contributed by atoms with Crippen molar-refractivity contribution in [1.29, 1.82) is 0 Å². The van der Waals surface area contributed by atoms with E-state index in [-0.39, 0.29) is 17.9 Å². The van der Waals surface area contributed by atoms with Gasteiger partial charge in [0, 0.05) is 17.2 Å². The number of imidazole rings is 1. The van der Waals surface area contributed by atoms with Crippen LogP contribution >= 0.6 is 11.3 Å². The number of aromatic nitrogens is 3. The molecular formula is C22H21N5OS. The van der Waals surface area contributed by atoms with Gasteiger partial charge in [0.2, 0.25) is 16.0 Å². The number of nitrogens with one attached hydrogen (secondary N) is 2. The van der Waals surface area contributed by atoms with Gasteiger partial charge < -0.3 is 10.6 Å². The molecule has 1 aliphatic carbocycles. The fourth-order valence-corrected chi connectivity index (χ4v) is 4.09. The van der Waals surface area contributed by atoms with Crippen LogP contribution in [0.1, 0.15) is 31.4 Å². The lowest BCUT2D eigenvalue weighted by molar-refractivity contribution is -0.117. The Balaban J connectivity index is 1.26. The summed E-state index contributed by atoms with van der Waals surface area (Å²) in [6.45, 7) is 2.09. The monoisotopic (exact) mass is 403 g/mol. The van der Waals surface area contributed by atoms with Crippen LogP contribution in [0.3, 0.4) is 0 Å². The Bertz CT molecular complexity index is 1110. The Kier molecular flexibility index (Phi) is 4.52. The molecule has 0 aliphatic heterocycles. The molecule has 0 radical (unpaired) electrons. The molecule has 1 atom stereocenters. The first-order valence-electron chi connectivity index (χ1n) is 9.75. The van der Waals surface area contributed by atoms with Crippen molar-refractivity contribution in [3.8, 4) is 11.3 Å². The zero-order valence-electron chi connectivity index (χ0n) is 16.0. The molecule has 2 aromatic carbocycles. The van der Waals surface area contributed by atoms with Gasteiger partial charge in [-0.25, -0.2) is 9.50 Å². The van der Waals surface area contributed by atoms with Crippen LogP contribution < -0.4 is 10.6 Å². The van der Waals surface area contributed by atoms with Crippen LogP contribution in [0.15, 0.2) is 60.8 Å². The fraction of sp³-hybridized carbons (Fsp3) is 0.227. The molecule has 0 saturated heterocycles. The van der Waals surface area contributed by atoms with Crippen LogP contribution in [0.5, 0.6) is 0 Å². The molecule has 6 nitrogen and oxygen atoms in total. The molecule has 5 rings (SSSR count). The first-order chi connectivity index (χ1) is 14.2. The van der Waals surface area contributed by atoms with Gasteiger partial charge in [-0.2, -0.15) is 0 Å². The highest BCUT2D eigenvalue weighted by Crippen LogP contribution is 2.31. The Morgan fingerprint density at radius 2 is 1.90 bits per heavy atom. The van der Waals surface area contributed by atoms with E-state index in [2.05, 4.69) is 27.6 Å². The smallest absolute Gasteiger partial charge is 0.227 e. The van der Waals surface area contributed by atoms with Gasteiger partial charge >= 0.3 is 0 Å². The van der Waals surface area contributed by atoms with E-state index in [4.69, 9.17) is 0 Å². The zero-order chi connectivity index (χ0) is 19.8. The van der Waals surface area contributed by atoms with Crippen LogP contribution in [0.4, 0.5) is 10.8 Å². The molecule has 2 aromatic heterocycles. The van der Waals surface area contributed by atoms with Crippen molar-refractivity contribution in [2.75, 3.05) is 10.6 Å². The van der Waals surface area contributed by atoms with E-state index in [0.717, 1.165) is 45.4 Å². The van der Waals surface area contributed by atoms with Crippen LogP contribution in [-0.2, 0) is 4.79 Å². The first kappa shape index (κ1) is 17.9. The fourth-order valence-electron chi connectivity index (χ4n) is 3.22. The molecular weight excluding hydrogens is 382 g/mol. The van der Waals surface area contributed by atoms with E-state index in [1.807, 2.05) is 65.3 Å². The summed E-state index contributed by atoms with van der Waals surface area (Å²) in [6.07, 6.45) is 3.97. The van der Waals surface area contributed by atoms with E-state index in [9.17, 15) is 4.79 Å². The lowest BCUT2D eigenvalue weighted by Crippen LogP contribution is -2.13. The van der Waals surface area contributed by atoms with Gasteiger partial charge in [0.1, 0.15) is 0 Å². The van der Waals surface area contributed by atoms with E-state index in [0.29, 0.717) is 0 Å². The number of hydrogen-bond acceptors (Lipinski definition) is 5. The highest BCUT2D eigenvalue weighted by atomic mass is 32.1. The number of amides is 1. The van der Waals surface area contributed by atoms with E-state index >= 15 is 0 Å². The molecule has 1 unspecified atom stereocenters. The van der Waals surface area contributed by atoms with Crippen molar-refractivity contribution in [3.05, 3.63) is 66.4 Å². The molecule has 29 heavy (non-hydrogen) atoms. The SMILES string of the molecule is CC(Nc1nn2cc(-c3ccccc3)nc2s1)c1ccc(NC(=O)C2CC2)cc1. The second-order valence-electron chi connectivity index (χ2n) is 7.38. The summed E-state index contributed by atoms with van der Waals surface area (Å²) in [5, 5.41) is 11.8. The summed E-state index contributed by atoms with van der Waals surface area (Å²) < 4.78 is 1.82. The van der Waals surface area contributed by atoms with Gasteiger partial charge in [-0.1, -0.05) is 53.8 Å². The van der Waals surface area contributed by atoms with Crippen molar-refractivity contribution in [2.45, 2.75) is 25.8 Å². The van der Waals surface area contributed by atoms with Gasteiger partial charge in [0.05, 0.1) is 17.9 Å². The van der Waals surface area contributed by atoms with Gasteiger partial charge in [0.25, 0.3) is 0 Å². The Hall–Kier alpha value is -3.19. The second-order valence-corrected chi connectivity index (χ2v) is 8.33. The maximum Gasteiger partial charge on any atom is 0.227 e. The second kappa shape index (κ2) is 7.33. The third kappa shape index (κ3) is 3.86. The van der Waals surface area contributed by atoms with Crippen LogP contribution in [0.2, 0.25) is 0 Å². The van der Waals surface area contributed by atoms with Gasteiger partial charge in [-0.05, 0) is 37.5 Å². The topological polar surface area (TPSA) is 71.3 Å². The highest BCUT2D eigenvalue weighted by molar-refractivity contribution is 7.20. The molecule has 7 heteroatoms. The maximum absolute atomic E-state index is 11.9. The van der Waals surface area contributed by atoms with E-state index in [1.165, 1.54) is 11.3 Å². The van der Waals surface area contributed by atoms with E-state index < -0.39 is 0 Å². The Morgan fingerprint density at radius 3 is 2.59 bits per heavy atom. The summed E-state index contributed by atoms with van der Waals surface area (Å²) in [5.41, 5.74) is 3.99. The van der Waals surface area contributed by atoms with Crippen molar-refractivity contribution in [3.63, 3.8) is 0 Å². The molecule has 0 spiro atoms. The van der Waals surface area contributed by atoms with Gasteiger partial charge in [-0.15, -0.1) is 5.10 Å². The number of anilines is 2. The lowest BCUT2D eigenvalue weighted by Gasteiger charge is -2.13. The molecule has 1 aliphatic rings. The lowest BCUT2D eigenvalue weighted by atomic mass is 10.1. The summed E-state index contributed by atoms with van der Waals surface area (Å²) in [6, 6.07) is 18.2. The average Bonchev–Trinajstić information content (AvgIpc) is 3.42. The molecule has 1 fully saturated rings. The minimum Gasteiger partial charge on any atom is -0.354 e.